The molecule has 1 saturated heterocycles. The van der Waals surface area contributed by atoms with Crippen molar-refractivity contribution in [2.24, 2.45) is 4.99 Å². The number of guanidine groups is 1. The third kappa shape index (κ3) is 9.66. The second-order valence-corrected chi connectivity index (χ2v) is 5.14. The fourth-order valence-electron chi connectivity index (χ4n) is 2.24. The van der Waals surface area contributed by atoms with E-state index in [9.17, 15) is 0 Å². The third-order valence-corrected chi connectivity index (χ3v) is 3.48. The van der Waals surface area contributed by atoms with Crippen LogP contribution in [0.4, 0.5) is 0 Å². The lowest BCUT2D eigenvalue weighted by Gasteiger charge is -2.26. The molecular formula is C15H32N4O2. The normalized spacial score (nSPS) is 17.0. The lowest BCUT2D eigenvalue weighted by Crippen LogP contribution is -2.39. The van der Waals surface area contributed by atoms with Gasteiger partial charge in [0.05, 0.1) is 13.2 Å². The summed E-state index contributed by atoms with van der Waals surface area (Å²) in [7, 11) is 1.81. The molecule has 0 aliphatic carbocycles. The predicted molar refractivity (Wildman–Crippen MR) is 87.0 cm³/mol. The Hall–Kier alpha value is -0.850. The molecule has 0 spiro atoms. The van der Waals surface area contributed by atoms with Crippen molar-refractivity contribution in [1.29, 1.82) is 0 Å². The fourth-order valence-corrected chi connectivity index (χ4v) is 2.24. The molecule has 0 bridgehead atoms. The summed E-state index contributed by atoms with van der Waals surface area (Å²) in [5, 5.41) is 6.65. The number of nitrogens with zero attached hydrogens (tertiary/aromatic N) is 2. The highest BCUT2D eigenvalue weighted by molar-refractivity contribution is 5.79. The van der Waals surface area contributed by atoms with E-state index in [-0.39, 0.29) is 0 Å². The van der Waals surface area contributed by atoms with Gasteiger partial charge in [0.1, 0.15) is 0 Å². The van der Waals surface area contributed by atoms with Gasteiger partial charge in [0.2, 0.25) is 0 Å². The zero-order chi connectivity index (χ0) is 15.2. The highest BCUT2D eigenvalue weighted by atomic mass is 16.5. The van der Waals surface area contributed by atoms with Crippen LogP contribution in [0.25, 0.3) is 0 Å². The van der Waals surface area contributed by atoms with Crippen LogP contribution in [0.5, 0.6) is 0 Å². The molecule has 0 aromatic rings. The van der Waals surface area contributed by atoms with E-state index in [0.29, 0.717) is 0 Å². The number of morpholine rings is 1. The average molecular weight is 300 g/mol. The standard InChI is InChI=1S/C15H32N4O2/c1-3-20-12-6-8-18-15(16-2)17-7-4-5-9-19-10-13-21-14-11-19/h3-14H2,1-2H3,(H2,16,17,18). The quantitative estimate of drug-likeness (QED) is 0.353. The van der Waals surface area contributed by atoms with Crippen molar-refractivity contribution in [2.75, 3.05) is 66.2 Å². The highest BCUT2D eigenvalue weighted by Gasteiger charge is 2.08. The number of unbranched alkanes of at least 4 members (excludes halogenated alkanes) is 1. The van der Waals surface area contributed by atoms with Gasteiger partial charge < -0.3 is 20.1 Å². The van der Waals surface area contributed by atoms with Gasteiger partial charge in [-0.3, -0.25) is 9.89 Å². The number of hydrogen-bond donors (Lipinski definition) is 2. The van der Waals surface area contributed by atoms with E-state index in [1.54, 1.807) is 0 Å². The smallest absolute Gasteiger partial charge is 0.190 e. The first kappa shape index (κ1) is 18.2. The molecule has 2 N–H and O–H groups in total. The van der Waals surface area contributed by atoms with Crippen molar-refractivity contribution in [3.8, 4) is 0 Å². The Kier molecular flexibility index (Phi) is 11.1. The van der Waals surface area contributed by atoms with Gasteiger partial charge in [0.25, 0.3) is 0 Å². The predicted octanol–water partition coefficient (Wildman–Crippen LogP) is 0.690. The minimum absolute atomic E-state index is 0.788. The van der Waals surface area contributed by atoms with Crippen LogP contribution < -0.4 is 10.6 Å². The molecule has 0 aromatic carbocycles. The molecule has 1 rings (SSSR count). The Bertz CT molecular complexity index is 268. The molecule has 0 atom stereocenters. The number of nitrogens with one attached hydrogen (secondary N) is 2. The SMILES string of the molecule is CCOCCCNC(=NC)NCCCCN1CCOCC1. The number of aliphatic imine (C=N–C) groups is 1. The first-order valence-electron chi connectivity index (χ1n) is 8.19. The second-order valence-electron chi connectivity index (χ2n) is 5.14. The van der Waals surface area contributed by atoms with E-state index in [1.165, 1.54) is 13.0 Å². The van der Waals surface area contributed by atoms with E-state index in [2.05, 4.69) is 20.5 Å². The van der Waals surface area contributed by atoms with E-state index in [1.807, 2.05) is 14.0 Å². The van der Waals surface area contributed by atoms with Crippen LogP contribution in [0, 0.1) is 0 Å². The molecule has 0 aromatic heterocycles. The second kappa shape index (κ2) is 12.9. The lowest BCUT2D eigenvalue weighted by molar-refractivity contribution is 0.0372. The third-order valence-electron chi connectivity index (χ3n) is 3.48. The Balaban J connectivity index is 1.94. The van der Waals surface area contributed by atoms with Crippen LogP contribution in [0.2, 0.25) is 0 Å². The van der Waals surface area contributed by atoms with Gasteiger partial charge in [-0.15, -0.1) is 0 Å². The van der Waals surface area contributed by atoms with Gasteiger partial charge in [0, 0.05) is 46.4 Å². The molecular weight excluding hydrogens is 268 g/mol. The summed E-state index contributed by atoms with van der Waals surface area (Å²) in [4.78, 5) is 6.70. The Morgan fingerprint density at radius 2 is 1.86 bits per heavy atom. The first-order chi connectivity index (χ1) is 10.4. The van der Waals surface area contributed by atoms with Crippen molar-refractivity contribution in [1.82, 2.24) is 15.5 Å². The van der Waals surface area contributed by atoms with Crippen molar-refractivity contribution in [3.05, 3.63) is 0 Å². The molecule has 1 heterocycles. The molecule has 0 unspecified atom stereocenters. The van der Waals surface area contributed by atoms with Crippen LogP contribution in [0.15, 0.2) is 4.99 Å². The largest absolute Gasteiger partial charge is 0.382 e. The molecule has 6 heteroatoms. The number of hydrogen-bond acceptors (Lipinski definition) is 4. The Labute approximate surface area is 129 Å². The minimum Gasteiger partial charge on any atom is -0.382 e. The summed E-state index contributed by atoms with van der Waals surface area (Å²) >= 11 is 0. The average Bonchev–Trinajstić information content (AvgIpc) is 2.53. The van der Waals surface area contributed by atoms with Crippen LogP contribution in [-0.2, 0) is 9.47 Å². The maximum Gasteiger partial charge on any atom is 0.190 e. The number of ether oxygens (including phenoxy) is 2. The summed E-state index contributed by atoms with van der Waals surface area (Å²) in [5.74, 6) is 0.887. The van der Waals surface area contributed by atoms with E-state index < -0.39 is 0 Å². The highest BCUT2D eigenvalue weighted by Crippen LogP contribution is 1.99. The molecule has 6 nitrogen and oxygen atoms in total. The van der Waals surface area contributed by atoms with Gasteiger partial charge in [-0.05, 0) is 32.7 Å². The molecule has 1 aliphatic rings. The molecule has 1 fully saturated rings. The van der Waals surface area contributed by atoms with Crippen molar-refractivity contribution in [3.63, 3.8) is 0 Å². The minimum atomic E-state index is 0.788. The summed E-state index contributed by atoms with van der Waals surface area (Å²) < 4.78 is 10.7. The molecule has 124 valence electrons. The van der Waals surface area contributed by atoms with Crippen molar-refractivity contribution in [2.45, 2.75) is 26.2 Å². The van der Waals surface area contributed by atoms with E-state index in [0.717, 1.165) is 71.4 Å². The zero-order valence-electron chi connectivity index (χ0n) is 13.7. The molecule has 0 amide bonds. The van der Waals surface area contributed by atoms with Gasteiger partial charge in [-0.1, -0.05) is 0 Å². The van der Waals surface area contributed by atoms with Crippen LogP contribution in [0.3, 0.4) is 0 Å². The molecule has 21 heavy (non-hydrogen) atoms. The Morgan fingerprint density at radius 3 is 2.52 bits per heavy atom. The maximum atomic E-state index is 5.35. The topological polar surface area (TPSA) is 58.1 Å². The summed E-state index contributed by atoms with van der Waals surface area (Å²) in [5.41, 5.74) is 0. The molecule has 0 radical (unpaired) electrons. The summed E-state index contributed by atoms with van der Waals surface area (Å²) in [6.45, 7) is 10.6. The Morgan fingerprint density at radius 1 is 1.14 bits per heavy atom. The fraction of sp³-hybridized carbons (Fsp3) is 0.933. The zero-order valence-corrected chi connectivity index (χ0v) is 13.7. The number of rotatable bonds is 10. The maximum absolute atomic E-state index is 5.35. The van der Waals surface area contributed by atoms with E-state index >= 15 is 0 Å². The van der Waals surface area contributed by atoms with Gasteiger partial charge in [-0.25, -0.2) is 0 Å². The van der Waals surface area contributed by atoms with Gasteiger partial charge in [0.15, 0.2) is 5.96 Å². The molecule has 0 saturated carbocycles. The lowest BCUT2D eigenvalue weighted by atomic mass is 10.3. The van der Waals surface area contributed by atoms with Crippen LogP contribution in [-0.4, -0.2) is 77.1 Å². The first-order valence-corrected chi connectivity index (χ1v) is 8.19. The van der Waals surface area contributed by atoms with Gasteiger partial charge in [-0.2, -0.15) is 0 Å². The van der Waals surface area contributed by atoms with Crippen LogP contribution in [0.1, 0.15) is 26.2 Å². The summed E-state index contributed by atoms with van der Waals surface area (Å²) in [6, 6.07) is 0. The molecule has 1 aliphatic heterocycles. The van der Waals surface area contributed by atoms with Crippen molar-refractivity contribution >= 4 is 5.96 Å². The van der Waals surface area contributed by atoms with Gasteiger partial charge >= 0.3 is 0 Å². The van der Waals surface area contributed by atoms with E-state index in [4.69, 9.17) is 9.47 Å². The van der Waals surface area contributed by atoms with Crippen molar-refractivity contribution < 1.29 is 9.47 Å². The summed E-state index contributed by atoms with van der Waals surface area (Å²) in [6.07, 6.45) is 3.39. The van der Waals surface area contributed by atoms with Crippen LogP contribution >= 0.6 is 0 Å². The monoisotopic (exact) mass is 300 g/mol.